The van der Waals surface area contributed by atoms with Gasteiger partial charge in [0.05, 0.1) is 12.2 Å². The zero-order valence-electron chi connectivity index (χ0n) is 20.4. The van der Waals surface area contributed by atoms with Crippen molar-refractivity contribution in [1.82, 2.24) is 0 Å². The van der Waals surface area contributed by atoms with Gasteiger partial charge in [-0.1, -0.05) is 60.2 Å². The van der Waals surface area contributed by atoms with Crippen LogP contribution in [0.4, 0.5) is 0 Å². The third-order valence-corrected chi connectivity index (χ3v) is 6.52. The second kappa shape index (κ2) is 10.8. The summed E-state index contributed by atoms with van der Waals surface area (Å²) in [4.78, 5) is 11.2. The minimum absolute atomic E-state index is 0.0239. The van der Waals surface area contributed by atoms with Crippen LogP contribution in [0.3, 0.4) is 0 Å². The Labute approximate surface area is 207 Å². The Morgan fingerprint density at radius 3 is 2.51 bits per heavy atom. The van der Waals surface area contributed by atoms with Crippen LogP contribution in [-0.4, -0.2) is 23.8 Å². The maximum absolute atomic E-state index is 11.2. The Balaban J connectivity index is 1.69. The van der Waals surface area contributed by atoms with Crippen molar-refractivity contribution in [2.75, 3.05) is 6.61 Å². The van der Waals surface area contributed by atoms with E-state index in [-0.39, 0.29) is 24.0 Å². The van der Waals surface area contributed by atoms with Gasteiger partial charge in [-0.05, 0) is 63.1 Å². The molecule has 1 heterocycles. The molecular weight excluding hydrogens is 440 g/mol. The number of para-hydroxylation sites is 1. The van der Waals surface area contributed by atoms with Crippen LogP contribution < -0.4 is 9.47 Å². The monoisotopic (exact) mass is 472 g/mol. The predicted octanol–water partition coefficient (Wildman–Crippen LogP) is 7.08. The van der Waals surface area contributed by atoms with E-state index in [0.717, 1.165) is 17.6 Å². The number of aryl methyl sites for hydroxylation is 1. The molecule has 1 aliphatic rings. The lowest BCUT2D eigenvalue weighted by molar-refractivity contribution is -0.139. The standard InChI is InChI=1S/C30H32O5/c1-19(2)25-17-26(22-10-8-9-20(3)15-22)21(4)34-30(25)27-16-24(35-23-11-6-5-7-12-23)13-14-28(27)33-18-29(31)32/h5-16,21,25-26,30H,1,17-18H2,2-4H3,(H,31,32)/t21-,25+,26-,30-/m0/s1. The Kier molecular flexibility index (Phi) is 7.57. The third-order valence-electron chi connectivity index (χ3n) is 6.52. The lowest BCUT2D eigenvalue weighted by Gasteiger charge is -2.42. The molecule has 1 N–H and O–H groups in total. The van der Waals surface area contributed by atoms with Crippen molar-refractivity contribution in [2.45, 2.75) is 45.3 Å². The molecule has 1 saturated heterocycles. The average Bonchev–Trinajstić information content (AvgIpc) is 2.83. The second-order valence-electron chi connectivity index (χ2n) is 9.27. The largest absolute Gasteiger partial charge is 0.482 e. The smallest absolute Gasteiger partial charge is 0.341 e. The number of carbonyl (C=O) groups is 1. The number of ether oxygens (including phenoxy) is 3. The van der Waals surface area contributed by atoms with E-state index in [2.05, 4.69) is 44.7 Å². The van der Waals surface area contributed by atoms with Gasteiger partial charge in [-0.25, -0.2) is 4.79 Å². The lowest BCUT2D eigenvalue weighted by atomic mass is 9.75. The third kappa shape index (κ3) is 5.92. The minimum atomic E-state index is -1.03. The molecule has 4 atom stereocenters. The first kappa shape index (κ1) is 24.6. The Morgan fingerprint density at radius 1 is 1.06 bits per heavy atom. The van der Waals surface area contributed by atoms with Crippen molar-refractivity contribution < 1.29 is 24.1 Å². The summed E-state index contributed by atoms with van der Waals surface area (Å²) in [5.41, 5.74) is 4.25. The SMILES string of the molecule is C=C(C)[C@H]1C[C@H](c2cccc(C)c2)[C@H](C)O[C@@H]1c1cc(Oc2ccccc2)ccc1OCC(=O)O. The van der Waals surface area contributed by atoms with Crippen molar-refractivity contribution >= 4 is 5.97 Å². The van der Waals surface area contributed by atoms with Crippen LogP contribution in [0.1, 0.15) is 49.0 Å². The molecule has 35 heavy (non-hydrogen) atoms. The summed E-state index contributed by atoms with van der Waals surface area (Å²) in [6.07, 6.45) is 0.474. The summed E-state index contributed by atoms with van der Waals surface area (Å²) in [5, 5.41) is 9.20. The van der Waals surface area contributed by atoms with Crippen LogP contribution in [-0.2, 0) is 9.53 Å². The fourth-order valence-corrected chi connectivity index (χ4v) is 4.78. The Hall–Kier alpha value is -3.57. The number of aliphatic carboxylic acids is 1. The summed E-state index contributed by atoms with van der Waals surface area (Å²) >= 11 is 0. The van der Waals surface area contributed by atoms with Gasteiger partial charge in [0.15, 0.2) is 6.61 Å². The van der Waals surface area contributed by atoms with Gasteiger partial charge in [-0.3, -0.25) is 0 Å². The number of hydrogen-bond donors (Lipinski definition) is 1. The minimum Gasteiger partial charge on any atom is -0.482 e. The highest BCUT2D eigenvalue weighted by Crippen LogP contribution is 2.48. The number of carboxylic acid groups (broad SMARTS) is 1. The van der Waals surface area contributed by atoms with E-state index in [0.29, 0.717) is 17.2 Å². The van der Waals surface area contributed by atoms with Crippen LogP contribution in [0.2, 0.25) is 0 Å². The van der Waals surface area contributed by atoms with E-state index >= 15 is 0 Å². The molecule has 0 unspecified atom stereocenters. The molecule has 3 aromatic carbocycles. The summed E-state index contributed by atoms with van der Waals surface area (Å²) in [6, 6.07) is 23.5. The Bertz CT molecular complexity index is 1190. The molecule has 3 aromatic rings. The van der Waals surface area contributed by atoms with E-state index < -0.39 is 12.6 Å². The van der Waals surface area contributed by atoms with Crippen molar-refractivity contribution in [1.29, 1.82) is 0 Å². The van der Waals surface area contributed by atoms with Crippen LogP contribution in [0, 0.1) is 12.8 Å². The topological polar surface area (TPSA) is 65.0 Å². The number of rotatable bonds is 8. The van der Waals surface area contributed by atoms with E-state index in [9.17, 15) is 9.90 Å². The highest BCUT2D eigenvalue weighted by atomic mass is 16.5. The van der Waals surface area contributed by atoms with Gasteiger partial charge in [0.1, 0.15) is 17.2 Å². The van der Waals surface area contributed by atoms with Gasteiger partial charge in [0.25, 0.3) is 0 Å². The van der Waals surface area contributed by atoms with Gasteiger partial charge in [0.2, 0.25) is 0 Å². The second-order valence-corrected chi connectivity index (χ2v) is 9.27. The fraction of sp³-hybridized carbons (Fsp3) is 0.300. The van der Waals surface area contributed by atoms with Crippen molar-refractivity contribution in [3.8, 4) is 17.2 Å². The average molecular weight is 473 g/mol. The first-order valence-electron chi connectivity index (χ1n) is 11.9. The summed E-state index contributed by atoms with van der Waals surface area (Å²) in [7, 11) is 0. The van der Waals surface area contributed by atoms with Crippen LogP contribution in [0.5, 0.6) is 17.2 Å². The van der Waals surface area contributed by atoms with E-state index in [1.54, 1.807) is 12.1 Å². The van der Waals surface area contributed by atoms with Crippen molar-refractivity contribution in [3.63, 3.8) is 0 Å². The van der Waals surface area contributed by atoms with Gasteiger partial charge < -0.3 is 19.3 Å². The lowest BCUT2D eigenvalue weighted by Crippen LogP contribution is -2.34. The molecule has 0 aliphatic carbocycles. The van der Waals surface area contributed by atoms with Crippen LogP contribution >= 0.6 is 0 Å². The first-order valence-corrected chi connectivity index (χ1v) is 11.9. The summed E-state index contributed by atoms with van der Waals surface area (Å²) in [5.74, 6) is 1.04. The first-order chi connectivity index (χ1) is 16.8. The molecule has 1 aliphatic heterocycles. The molecular formula is C30H32O5. The van der Waals surface area contributed by atoms with Crippen molar-refractivity contribution in [2.24, 2.45) is 5.92 Å². The predicted molar refractivity (Wildman–Crippen MR) is 136 cm³/mol. The molecule has 1 fully saturated rings. The molecule has 5 heteroatoms. The van der Waals surface area contributed by atoms with Gasteiger partial charge in [0, 0.05) is 17.4 Å². The normalized spacial score (nSPS) is 21.8. The zero-order valence-corrected chi connectivity index (χ0v) is 20.4. The highest BCUT2D eigenvalue weighted by Gasteiger charge is 2.39. The van der Waals surface area contributed by atoms with Gasteiger partial charge in [-0.2, -0.15) is 0 Å². The Morgan fingerprint density at radius 2 is 1.83 bits per heavy atom. The molecule has 0 amide bonds. The van der Waals surface area contributed by atoms with Crippen LogP contribution in [0.25, 0.3) is 0 Å². The molecule has 0 bridgehead atoms. The molecule has 0 spiro atoms. The zero-order chi connectivity index (χ0) is 24.9. The van der Waals surface area contributed by atoms with Crippen LogP contribution in [0.15, 0.2) is 84.9 Å². The maximum atomic E-state index is 11.2. The van der Waals surface area contributed by atoms with Gasteiger partial charge >= 0.3 is 5.97 Å². The van der Waals surface area contributed by atoms with E-state index in [4.69, 9.17) is 14.2 Å². The van der Waals surface area contributed by atoms with E-state index in [1.807, 2.05) is 43.3 Å². The number of carboxylic acids is 1. The van der Waals surface area contributed by atoms with Crippen molar-refractivity contribution in [3.05, 3.63) is 102 Å². The fourth-order valence-electron chi connectivity index (χ4n) is 4.78. The van der Waals surface area contributed by atoms with E-state index in [1.165, 1.54) is 11.1 Å². The maximum Gasteiger partial charge on any atom is 0.341 e. The summed E-state index contributed by atoms with van der Waals surface area (Å²) in [6.45, 7) is 10.1. The molecule has 0 radical (unpaired) electrons. The number of hydrogen-bond acceptors (Lipinski definition) is 4. The highest BCUT2D eigenvalue weighted by molar-refractivity contribution is 5.68. The molecule has 0 aromatic heterocycles. The number of benzene rings is 3. The quantitative estimate of drug-likeness (QED) is 0.355. The molecule has 5 nitrogen and oxygen atoms in total. The molecule has 4 rings (SSSR count). The van der Waals surface area contributed by atoms with Gasteiger partial charge in [-0.15, -0.1) is 0 Å². The summed E-state index contributed by atoms with van der Waals surface area (Å²) < 4.78 is 18.4. The molecule has 182 valence electrons. The molecule has 0 saturated carbocycles.